The van der Waals surface area contributed by atoms with Gasteiger partial charge in [-0.1, -0.05) is 31.2 Å². The molecular weight excluding hydrogens is 200 g/mol. The van der Waals surface area contributed by atoms with Crippen molar-refractivity contribution in [3.05, 3.63) is 35.4 Å². The van der Waals surface area contributed by atoms with Crippen LogP contribution in [0.25, 0.3) is 0 Å². The zero-order chi connectivity index (χ0) is 11.6. The van der Waals surface area contributed by atoms with Crippen molar-refractivity contribution in [3.8, 4) is 0 Å². The minimum Gasteiger partial charge on any atom is -0.395 e. The van der Waals surface area contributed by atoms with Gasteiger partial charge in [-0.2, -0.15) is 0 Å². The first-order chi connectivity index (χ1) is 7.86. The normalized spacial score (nSPS) is 10.6. The van der Waals surface area contributed by atoms with Crippen LogP contribution in [0.1, 0.15) is 18.1 Å². The van der Waals surface area contributed by atoms with Crippen molar-refractivity contribution >= 4 is 0 Å². The van der Waals surface area contributed by atoms with E-state index < -0.39 is 0 Å². The predicted octanol–water partition coefficient (Wildman–Crippen LogP) is 0.920. The van der Waals surface area contributed by atoms with Gasteiger partial charge in [0, 0.05) is 26.2 Å². The maximum atomic E-state index is 8.57. The Bertz CT molecular complexity index is 272. The highest BCUT2D eigenvalue weighted by Crippen LogP contribution is 2.04. The molecule has 0 heterocycles. The zero-order valence-electron chi connectivity index (χ0n) is 10.00. The van der Waals surface area contributed by atoms with Gasteiger partial charge >= 0.3 is 0 Å². The molecule has 0 radical (unpaired) electrons. The van der Waals surface area contributed by atoms with Gasteiger partial charge < -0.3 is 15.7 Å². The van der Waals surface area contributed by atoms with E-state index in [0.717, 1.165) is 26.1 Å². The lowest BCUT2D eigenvalue weighted by Crippen LogP contribution is -2.28. The quantitative estimate of drug-likeness (QED) is 0.573. The zero-order valence-corrected chi connectivity index (χ0v) is 10.00. The van der Waals surface area contributed by atoms with Crippen LogP contribution in [-0.2, 0) is 13.0 Å². The van der Waals surface area contributed by atoms with Gasteiger partial charge in [0.1, 0.15) is 0 Å². The third kappa shape index (κ3) is 5.26. The standard InChI is InChI=1S/C13H22N2O/c1-2-12-3-5-13(6-4-12)11-15-8-7-14-9-10-16/h3-6,14-16H,2,7-11H2,1H3. The number of aliphatic hydroxyl groups is 1. The second kappa shape index (κ2) is 8.28. The lowest BCUT2D eigenvalue weighted by Gasteiger charge is -2.06. The van der Waals surface area contributed by atoms with Crippen LogP contribution >= 0.6 is 0 Å². The summed E-state index contributed by atoms with van der Waals surface area (Å²) in [6.07, 6.45) is 1.10. The van der Waals surface area contributed by atoms with Crippen molar-refractivity contribution in [3.63, 3.8) is 0 Å². The molecule has 3 N–H and O–H groups in total. The Hall–Kier alpha value is -0.900. The van der Waals surface area contributed by atoms with E-state index in [0.29, 0.717) is 6.54 Å². The first-order valence-electron chi connectivity index (χ1n) is 5.97. The molecule has 1 rings (SSSR count). The van der Waals surface area contributed by atoms with E-state index in [9.17, 15) is 0 Å². The third-order valence-electron chi connectivity index (χ3n) is 2.53. The minimum absolute atomic E-state index is 0.207. The van der Waals surface area contributed by atoms with Gasteiger partial charge in [0.25, 0.3) is 0 Å². The van der Waals surface area contributed by atoms with Gasteiger partial charge in [-0.25, -0.2) is 0 Å². The molecule has 0 unspecified atom stereocenters. The molecule has 0 spiro atoms. The van der Waals surface area contributed by atoms with E-state index in [1.807, 2.05) is 0 Å². The Morgan fingerprint density at radius 3 is 2.19 bits per heavy atom. The van der Waals surface area contributed by atoms with Crippen LogP contribution in [0.15, 0.2) is 24.3 Å². The molecule has 0 aliphatic rings. The van der Waals surface area contributed by atoms with E-state index in [1.54, 1.807) is 0 Å². The van der Waals surface area contributed by atoms with Crippen LogP contribution in [0, 0.1) is 0 Å². The van der Waals surface area contributed by atoms with Gasteiger partial charge in [0.2, 0.25) is 0 Å². The largest absolute Gasteiger partial charge is 0.395 e. The first kappa shape index (κ1) is 13.2. The van der Waals surface area contributed by atoms with Crippen LogP contribution in [0.5, 0.6) is 0 Å². The smallest absolute Gasteiger partial charge is 0.0555 e. The lowest BCUT2D eigenvalue weighted by molar-refractivity contribution is 0.292. The molecule has 0 aliphatic carbocycles. The molecule has 1 aromatic rings. The number of nitrogens with one attached hydrogen (secondary N) is 2. The fourth-order valence-electron chi connectivity index (χ4n) is 1.51. The fourth-order valence-corrected chi connectivity index (χ4v) is 1.51. The van der Waals surface area contributed by atoms with Crippen LogP contribution in [0.4, 0.5) is 0 Å². The van der Waals surface area contributed by atoms with Gasteiger partial charge in [-0.15, -0.1) is 0 Å². The van der Waals surface area contributed by atoms with Crippen molar-refractivity contribution in [1.82, 2.24) is 10.6 Å². The molecule has 90 valence electrons. The molecule has 3 nitrogen and oxygen atoms in total. The summed E-state index contributed by atoms with van der Waals surface area (Å²) in [5, 5.41) is 15.0. The summed E-state index contributed by atoms with van der Waals surface area (Å²) in [6.45, 7) is 5.78. The van der Waals surface area contributed by atoms with E-state index >= 15 is 0 Å². The summed E-state index contributed by atoms with van der Waals surface area (Å²) in [6, 6.07) is 8.71. The second-order valence-corrected chi connectivity index (χ2v) is 3.82. The molecule has 0 bridgehead atoms. The lowest BCUT2D eigenvalue weighted by atomic mass is 10.1. The van der Waals surface area contributed by atoms with E-state index in [-0.39, 0.29) is 6.61 Å². The van der Waals surface area contributed by atoms with Gasteiger partial charge in [-0.05, 0) is 17.5 Å². The monoisotopic (exact) mass is 222 g/mol. The van der Waals surface area contributed by atoms with E-state index in [1.165, 1.54) is 11.1 Å². The number of aliphatic hydroxyl groups excluding tert-OH is 1. The summed E-state index contributed by atoms with van der Waals surface area (Å²) < 4.78 is 0. The van der Waals surface area contributed by atoms with Crippen molar-refractivity contribution in [2.45, 2.75) is 19.9 Å². The highest BCUT2D eigenvalue weighted by Gasteiger charge is 1.93. The average molecular weight is 222 g/mol. The topological polar surface area (TPSA) is 44.3 Å². The number of hydrogen-bond acceptors (Lipinski definition) is 3. The molecule has 0 fully saturated rings. The molecule has 0 saturated heterocycles. The number of rotatable bonds is 8. The average Bonchev–Trinajstić information content (AvgIpc) is 2.34. The van der Waals surface area contributed by atoms with Crippen molar-refractivity contribution < 1.29 is 5.11 Å². The van der Waals surface area contributed by atoms with Crippen LogP contribution < -0.4 is 10.6 Å². The maximum absolute atomic E-state index is 8.57. The van der Waals surface area contributed by atoms with Gasteiger partial charge in [-0.3, -0.25) is 0 Å². The van der Waals surface area contributed by atoms with Gasteiger partial charge in [0.05, 0.1) is 6.61 Å². The number of aryl methyl sites for hydroxylation is 1. The molecule has 1 aromatic carbocycles. The Morgan fingerprint density at radius 1 is 0.938 bits per heavy atom. The van der Waals surface area contributed by atoms with Crippen LogP contribution in [-0.4, -0.2) is 31.3 Å². The highest BCUT2D eigenvalue weighted by molar-refractivity contribution is 5.22. The molecule has 0 aliphatic heterocycles. The van der Waals surface area contributed by atoms with Crippen LogP contribution in [0.2, 0.25) is 0 Å². The minimum atomic E-state index is 0.207. The summed E-state index contributed by atoms with van der Waals surface area (Å²) in [7, 11) is 0. The fraction of sp³-hybridized carbons (Fsp3) is 0.538. The summed E-state index contributed by atoms with van der Waals surface area (Å²) in [5.74, 6) is 0. The molecule has 0 saturated carbocycles. The summed E-state index contributed by atoms with van der Waals surface area (Å²) in [4.78, 5) is 0. The predicted molar refractivity (Wildman–Crippen MR) is 67.5 cm³/mol. The van der Waals surface area contributed by atoms with Crippen LogP contribution in [0.3, 0.4) is 0 Å². The molecule has 16 heavy (non-hydrogen) atoms. The summed E-state index contributed by atoms with van der Waals surface area (Å²) >= 11 is 0. The van der Waals surface area contributed by atoms with Gasteiger partial charge in [0.15, 0.2) is 0 Å². The second-order valence-electron chi connectivity index (χ2n) is 3.82. The molecule has 0 aromatic heterocycles. The van der Waals surface area contributed by atoms with E-state index in [2.05, 4.69) is 41.8 Å². The Balaban J connectivity index is 2.12. The number of hydrogen-bond donors (Lipinski definition) is 3. The van der Waals surface area contributed by atoms with E-state index in [4.69, 9.17) is 5.11 Å². The Kier molecular flexibility index (Phi) is 6.81. The molecular formula is C13H22N2O. The van der Waals surface area contributed by atoms with Crippen molar-refractivity contribution in [2.24, 2.45) is 0 Å². The Labute approximate surface area is 97.9 Å². The first-order valence-corrected chi connectivity index (χ1v) is 5.97. The Morgan fingerprint density at radius 2 is 1.56 bits per heavy atom. The van der Waals surface area contributed by atoms with Crippen molar-refractivity contribution in [1.29, 1.82) is 0 Å². The summed E-state index contributed by atoms with van der Waals surface area (Å²) in [5.41, 5.74) is 2.70. The molecule has 0 atom stereocenters. The highest BCUT2D eigenvalue weighted by atomic mass is 16.3. The number of benzene rings is 1. The van der Waals surface area contributed by atoms with Crippen molar-refractivity contribution in [2.75, 3.05) is 26.2 Å². The third-order valence-corrected chi connectivity index (χ3v) is 2.53. The molecule has 3 heteroatoms. The maximum Gasteiger partial charge on any atom is 0.0555 e. The molecule has 0 amide bonds. The SMILES string of the molecule is CCc1ccc(CNCCNCCO)cc1.